The van der Waals surface area contributed by atoms with Crippen molar-refractivity contribution in [3.63, 3.8) is 0 Å². The Kier molecular flexibility index (Phi) is 7.08. The lowest BCUT2D eigenvalue weighted by atomic mass is 9.97. The van der Waals surface area contributed by atoms with Crippen molar-refractivity contribution < 1.29 is 19.7 Å². The van der Waals surface area contributed by atoms with Gasteiger partial charge in [-0.25, -0.2) is 4.98 Å². The van der Waals surface area contributed by atoms with Crippen molar-refractivity contribution in [2.45, 2.75) is 45.6 Å². The van der Waals surface area contributed by atoms with Gasteiger partial charge in [-0.2, -0.15) is 9.78 Å². The van der Waals surface area contributed by atoms with Gasteiger partial charge in [-0.15, -0.1) is 0 Å². The molecule has 202 valence electrons. The Labute approximate surface area is 228 Å². The van der Waals surface area contributed by atoms with Crippen LogP contribution in [0.3, 0.4) is 0 Å². The Morgan fingerprint density at radius 2 is 1.90 bits per heavy atom. The predicted molar refractivity (Wildman–Crippen MR) is 148 cm³/mol. The van der Waals surface area contributed by atoms with Gasteiger partial charge in [0, 0.05) is 25.2 Å². The zero-order chi connectivity index (χ0) is 26.9. The molecule has 2 aromatic heterocycles. The zero-order valence-electron chi connectivity index (χ0n) is 22.4. The second-order valence-corrected chi connectivity index (χ2v) is 10.5. The highest BCUT2D eigenvalue weighted by atomic mass is 16.5. The van der Waals surface area contributed by atoms with Crippen LogP contribution in [0.5, 0.6) is 11.6 Å². The Hall–Kier alpha value is -3.72. The van der Waals surface area contributed by atoms with Gasteiger partial charge in [-0.3, -0.25) is 4.90 Å². The highest BCUT2D eigenvalue weighted by molar-refractivity contribution is 5.69. The van der Waals surface area contributed by atoms with Crippen LogP contribution >= 0.6 is 0 Å². The number of benzene rings is 2. The summed E-state index contributed by atoms with van der Waals surface area (Å²) in [4.78, 5) is 7.41. The standard InChI is InChI=1S/C31H34N4O4/c1-20-5-3-6-25(27-7-4-8-28(33-27)35-30(38-2)26(16-32-35)31(36)37)29(20)39-19-22-11-12-24-18-34(17-21-9-10-21)14-13-23(24)15-22/h3-8,11-12,15-16,21,31,36-37H,9-10,13-14,17-19H2,1-2H3. The van der Waals surface area contributed by atoms with E-state index in [0.29, 0.717) is 12.4 Å². The molecule has 0 unspecified atom stereocenters. The number of fused-ring (bicyclic) bond motifs is 1. The van der Waals surface area contributed by atoms with Crippen molar-refractivity contribution in [2.75, 3.05) is 20.2 Å². The summed E-state index contributed by atoms with van der Waals surface area (Å²) in [5, 5.41) is 23.5. The highest BCUT2D eigenvalue weighted by Gasteiger charge is 2.26. The fraction of sp³-hybridized carbons (Fsp3) is 0.355. The molecule has 4 aromatic rings. The number of nitrogens with zero attached hydrogens (tertiary/aromatic N) is 4. The third-order valence-electron chi connectivity index (χ3n) is 7.62. The molecule has 8 nitrogen and oxygen atoms in total. The van der Waals surface area contributed by atoms with Crippen LogP contribution in [0, 0.1) is 12.8 Å². The fourth-order valence-electron chi connectivity index (χ4n) is 5.36. The molecule has 39 heavy (non-hydrogen) atoms. The molecule has 0 amide bonds. The number of ether oxygens (including phenoxy) is 2. The quantitative estimate of drug-likeness (QED) is 0.308. The number of aryl methyl sites for hydroxylation is 1. The van der Waals surface area contributed by atoms with E-state index in [1.165, 1.54) is 48.5 Å². The third-order valence-corrected chi connectivity index (χ3v) is 7.62. The van der Waals surface area contributed by atoms with Gasteiger partial charge < -0.3 is 19.7 Å². The first-order valence-corrected chi connectivity index (χ1v) is 13.5. The first-order chi connectivity index (χ1) is 19.0. The van der Waals surface area contributed by atoms with Gasteiger partial charge in [0.1, 0.15) is 12.4 Å². The van der Waals surface area contributed by atoms with Crippen molar-refractivity contribution in [3.05, 3.63) is 88.6 Å². The fourth-order valence-corrected chi connectivity index (χ4v) is 5.36. The minimum atomic E-state index is -1.70. The monoisotopic (exact) mass is 526 g/mol. The van der Waals surface area contributed by atoms with E-state index in [4.69, 9.17) is 14.5 Å². The summed E-state index contributed by atoms with van der Waals surface area (Å²) in [6.45, 7) is 5.94. The normalized spacial score (nSPS) is 15.4. The molecule has 0 spiro atoms. The molecule has 0 bridgehead atoms. The number of para-hydroxylation sites is 1. The number of methoxy groups -OCH3 is 1. The zero-order valence-corrected chi connectivity index (χ0v) is 22.4. The minimum absolute atomic E-state index is 0.171. The molecule has 2 N–H and O–H groups in total. The van der Waals surface area contributed by atoms with E-state index in [1.807, 2.05) is 37.3 Å². The Morgan fingerprint density at radius 1 is 1.05 bits per heavy atom. The SMILES string of the molecule is COc1c(C(O)O)cnn1-c1cccc(-c2cccc(C)c2OCc2ccc3c(c2)CCN(CC2CC2)C3)n1. The maximum Gasteiger partial charge on any atom is 0.226 e. The summed E-state index contributed by atoms with van der Waals surface area (Å²) in [5.41, 5.74) is 6.82. The Balaban J connectivity index is 1.23. The number of aliphatic hydroxyl groups is 2. The Bertz CT molecular complexity index is 1480. The van der Waals surface area contributed by atoms with Crippen LogP contribution in [0.1, 0.15) is 46.9 Å². The molecular formula is C31H34N4O4. The summed E-state index contributed by atoms with van der Waals surface area (Å²) in [7, 11) is 1.46. The molecular weight excluding hydrogens is 492 g/mol. The Morgan fingerprint density at radius 3 is 2.69 bits per heavy atom. The van der Waals surface area contributed by atoms with Gasteiger partial charge in [-0.05, 0) is 72.6 Å². The smallest absolute Gasteiger partial charge is 0.226 e. The molecule has 0 atom stereocenters. The lowest BCUT2D eigenvalue weighted by molar-refractivity contribution is -0.0439. The third kappa shape index (κ3) is 5.41. The van der Waals surface area contributed by atoms with Crippen LogP contribution in [0.4, 0.5) is 0 Å². The molecule has 0 saturated heterocycles. The van der Waals surface area contributed by atoms with Crippen LogP contribution in [-0.4, -0.2) is 50.1 Å². The van der Waals surface area contributed by atoms with Gasteiger partial charge in [0.15, 0.2) is 12.1 Å². The number of rotatable bonds is 9. The molecule has 1 fully saturated rings. The molecule has 2 aliphatic rings. The summed E-state index contributed by atoms with van der Waals surface area (Å²) in [5.74, 6) is 2.42. The number of aromatic nitrogens is 3. The number of pyridine rings is 1. The van der Waals surface area contributed by atoms with E-state index in [9.17, 15) is 10.2 Å². The minimum Gasteiger partial charge on any atom is -0.488 e. The highest BCUT2D eigenvalue weighted by Crippen LogP contribution is 2.35. The summed E-state index contributed by atoms with van der Waals surface area (Å²) in [6, 6.07) is 18.4. The average molecular weight is 527 g/mol. The molecule has 6 rings (SSSR count). The van der Waals surface area contributed by atoms with Crippen molar-refractivity contribution in [2.24, 2.45) is 5.92 Å². The van der Waals surface area contributed by atoms with Crippen LogP contribution < -0.4 is 9.47 Å². The maximum atomic E-state index is 9.64. The second-order valence-electron chi connectivity index (χ2n) is 10.5. The molecule has 3 heterocycles. The van der Waals surface area contributed by atoms with Crippen LogP contribution in [0.15, 0.2) is 60.8 Å². The molecule has 1 aliphatic heterocycles. The van der Waals surface area contributed by atoms with Crippen molar-refractivity contribution in [1.82, 2.24) is 19.7 Å². The molecule has 1 saturated carbocycles. The van der Waals surface area contributed by atoms with E-state index < -0.39 is 6.29 Å². The van der Waals surface area contributed by atoms with E-state index in [2.05, 4.69) is 28.2 Å². The van der Waals surface area contributed by atoms with Gasteiger partial charge in [-0.1, -0.05) is 36.4 Å². The van der Waals surface area contributed by atoms with Crippen molar-refractivity contribution in [3.8, 4) is 28.7 Å². The first kappa shape index (κ1) is 25.6. The van der Waals surface area contributed by atoms with Gasteiger partial charge in [0.2, 0.25) is 5.88 Å². The van der Waals surface area contributed by atoms with E-state index in [0.717, 1.165) is 53.6 Å². The van der Waals surface area contributed by atoms with E-state index in [-0.39, 0.29) is 11.4 Å². The van der Waals surface area contributed by atoms with Crippen LogP contribution in [0.2, 0.25) is 0 Å². The average Bonchev–Trinajstić information content (AvgIpc) is 3.65. The summed E-state index contributed by atoms with van der Waals surface area (Å²) in [6.07, 6.45) is 3.55. The molecule has 1 aliphatic carbocycles. The molecule has 0 radical (unpaired) electrons. The largest absolute Gasteiger partial charge is 0.488 e. The van der Waals surface area contributed by atoms with Gasteiger partial charge in [0.25, 0.3) is 0 Å². The molecule has 2 aromatic carbocycles. The van der Waals surface area contributed by atoms with Crippen molar-refractivity contribution >= 4 is 0 Å². The van der Waals surface area contributed by atoms with Gasteiger partial charge >= 0.3 is 0 Å². The van der Waals surface area contributed by atoms with E-state index >= 15 is 0 Å². The van der Waals surface area contributed by atoms with Crippen LogP contribution in [-0.2, 0) is 19.6 Å². The number of hydrogen-bond donors (Lipinski definition) is 2. The maximum absolute atomic E-state index is 9.64. The summed E-state index contributed by atoms with van der Waals surface area (Å²) >= 11 is 0. The lowest BCUT2D eigenvalue weighted by Gasteiger charge is -2.29. The number of hydrogen-bond acceptors (Lipinski definition) is 7. The van der Waals surface area contributed by atoms with E-state index in [1.54, 1.807) is 6.07 Å². The topological polar surface area (TPSA) is 92.9 Å². The number of aliphatic hydroxyl groups excluding tert-OH is 1. The molecule has 8 heteroatoms. The van der Waals surface area contributed by atoms with Crippen LogP contribution in [0.25, 0.3) is 17.1 Å². The van der Waals surface area contributed by atoms with Gasteiger partial charge in [0.05, 0.1) is 24.6 Å². The lowest BCUT2D eigenvalue weighted by Crippen LogP contribution is -2.32. The predicted octanol–water partition coefficient (Wildman–Crippen LogP) is 4.58. The second kappa shape index (κ2) is 10.8. The first-order valence-electron chi connectivity index (χ1n) is 13.5. The summed E-state index contributed by atoms with van der Waals surface area (Å²) < 4.78 is 13.3. The van der Waals surface area contributed by atoms with Crippen molar-refractivity contribution in [1.29, 1.82) is 0 Å².